The van der Waals surface area contributed by atoms with Crippen molar-refractivity contribution in [2.45, 2.75) is 0 Å². The third-order valence-corrected chi connectivity index (χ3v) is 5.14. The summed E-state index contributed by atoms with van der Waals surface area (Å²) in [7, 11) is 3.15. The Kier molecular flexibility index (Phi) is 4.49. The molecule has 7 heteroatoms. The van der Waals surface area contributed by atoms with E-state index in [0.717, 1.165) is 25.6 Å². The second-order valence-corrected chi connectivity index (χ2v) is 6.94. The van der Waals surface area contributed by atoms with E-state index in [1.807, 2.05) is 24.3 Å². The minimum atomic E-state index is 0.424. The van der Waals surface area contributed by atoms with Crippen LogP contribution in [-0.2, 0) is 0 Å². The maximum atomic E-state index is 9.59. The summed E-state index contributed by atoms with van der Waals surface area (Å²) in [5, 5.41) is 14.7. The predicted octanol–water partition coefficient (Wildman–Crippen LogP) is 5.22. The van der Waals surface area contributed by atoms with Crippen LogP contribution in [-0.4, -0.2) is 19.2 Å². The van der Waals surface area contributed by atoms with Crippen molar-refractivity contribution < 1.29 is 13.9 Å². The van der Waals surface area contributed by atoms with E-state index in [9.17, 15) is 5.26 Å². The quantitative estimate of drug-likeness (QED) is 0.412. The van der Waals surface area contributed by atoms with Gasteiger partial charge in [0, 0.05) is 23.0 Å². The zero-order valence-corrected chi connectivity index (χ0v) is 16.7. The molecule has 4 rings (SSSR count). The number of fused-ring (bicyclic) bond motifs is 2. The standard InChI is InChI=1S/C20H14IN3O3/c1-25-17-6-13-16(7-18(17)26-2)23-9-11(8-22)19(13)24-15-5-3-4-12-14(21)10-27-20(12)15/h3-7,9-10H,1-2H3,(H,23,24). The van der Waals surface area contributed by atoms with Gasteiger partial charge in [0.05, 0.1) is 40.2 Å². The van der Waals surface area contributed by atoms with E-state index in [2.05, 4.69) is 39.0 Å². The van der Waals surface area contributed by atoms with E-state index in [0.29, 0.717) is 28.3 Å². The fraction of sp³-hybridized carbons (Fsp3) is 0.100. The molecule has 0 aliphatic rings. The lowest BCUT2D eigenvalue weighted by Gasteiger charge is -2.14. The van der Waals surface area contributed by atoms with Crippen LogP contribution in [0.2, 0.25) is 0 Å². The number of nitrogens with one attached hydrogen (secondary N) is 1. The first kappa shape index (κ1) is 17.4. The summed E-state index contributed by atoms with van der Waals surface area (Å²) in [5.74, 6) is 1.14. The first-order chi connectivity index (χ1) is 13.2. The van der Waals surface area contributed by atoms with Gasteiger partial charge in [-0.25, -0.2) is 0 Å². The molecule has 2 heterocycles. The lowest BCUT2D eigenvalue weighted by molar-refractivity contribution is 0.356. The van der Waals surface area contributed by atoms with Crippen LogP contribution in [0.15, 0.2) is 47.2 Å². The number of benzene rings is 2. The molecule has 134 valence electrons. The Morgan fingerprint density at radius 1 is 1.15 bits per heavy atom. The molecule has 2 aromatic heterocycles. The molecule has 2 aromatic carbocycles. The Morgan fingerprint density at radius 3 is 2.67 bits per heavy atom. The van der Waals surface area contributed by atoms with Gasteiger partial charge in [-0.05, 0) is 40.8 Å². The summed E-state index contributed by atoms with van der Waals surface area (Å²) < 4.78 is 17.5. The third-order valence-electron chi connectivity index (χ3n) is 4.31. The van der Waals surface area contributed by atoms with Crippen molar-refractivity contribution in [1.82, 2.24) is 4.98 Å². The lowest BCUT2D eigenvalue weighted by atomic mass is 10.1. The van der Waals surface area contributed by atoms with Crippen molar-refractivity contribution in [2.24, 2.45) is 0 Å². The van der Waals surface area contributed by atoms with Gasteiger partial charge in [0.25, 0.3) is 0 Å². The predicted molar refractivity (Wildman–Crippen MR) is 112 cm³/mol. The summed E-state index contributed by atoms with van der Waals surface area (Å²) in [6.45, 7) is 0. The summed E-state index contributed by atoms with van der Waals surface area (Å²) in [5.41, 5.74) is 3.26. The second kappa shape index (κ2) is 6.96. The molecule has 1 N–H and O–H groups in total. The van der Waals surface area contributed by atoms with Crippen molar-refractivity contribution in [1.29, 1.82) is 5.26 Å². The van der Waals surface area contributed by atoms with Gasteiger partial charge in [0.2, 0.25) is 0 Å². The molecule has 0 saturated heterocycles. The molecular weight excluding hydrogens is 457 g/mol. The molecule has 0 fully saturated rings. The van der Waals surface area contributed by atoms with E-state index >= 15 is 0 Å². The van der Waals surface area contributed by atoms with Gasteiger partial charge >= 0.3 is 0 Å². The zero-order chi connectivity index (χ0) is 19.0. The third kappa shape index (κ3) is 2.92. The van der Waals surface area contributed by atoms with Crippen LogP contribution < -0.4 is 14.8 Å². The Balaban J connectivity index is 1.95. The monoisotopic (exact) mass is 471 g/mol. The molecule has 27 heavy (non-hydrogen) atoms. The number of nitriles is 1. The Hall–Kier alpha value is -2.99. The molecule has 0 amide bonds. The minimum Gasteiger partial charge on any atom is -0.493 e. The van der Waals surface area contributed by atoms with Gasteiger partial charge in [0.1, 0.15) is 12.3 Å². The summed E-state index contributed by atoms with van der Waals surface area (Å²) >= 11 is 2.23. The topological polar surface area (TPSA) is 80.3 Å². The van der Waals surface area contributed by atoms with Gasteiger partial charge < -0.3 is 19.2 Å². The first-order valence-electron chi connectivity index (χ1n) is 8.04. The van der Waals surface area contributed by atoms with E-state index in [-0.39, 0.29) is 0 Å². The van der Waals surface area contributed by atoms with E-state index in [1.165, 1.54) is 0 Å². The van der Waals surface area contributed by atoms with Gasteiger partial charge in [-0.1, -0.05) is 6.07 Å². The number of aromatic nitrogens is 1. The maximum Gasteiger partial charge on any atom is 0.162 e. The van der Waals surface area contributed by atoms with Gasteiger partial charge in [0.15, 0.2) is 17.1 Å². The number of ether oxygens (including phenoxy) is 2. The average Bonchev–Trinajstić information content (AvgIpc) is 3.09. The van der Waals surface area contributed by atoms with E-state index in [1.54, 1.807) is 32.7 Å². The molecule has 0 aliphatic carbocycles. The normalized spacial score (nSPS) is 10.7. The number of methoxy groups -OCH3 is 2. The second-order valence-electron chi connectivity index (χ2n) is 5.77. The molecule has 0 saturated carbocycles. The summed E-state index contributed by atoms with van der Waals surface area (Å²) in [6, 6.07) is 11.7. The van der Waals surface area contributed by atoms with Crippen LogP contribution in [0.3, 0.4) is 0 Å². The highest BCUT2D eigenvalue weighted by Gasteiger charge is 2.16. The highest BCUT2D eigenvalue weighted by atomic mass is 127. The molecule has 0 atom stereocenters. The van der Waals surface area contributed by atoms with Gasteiger partial charge in [-0.2, -0.15) is 5.26 Å². The zero-order valence-electron chi connectivity index (χ0n) is 14.5. The van der Waals surface area contributed by atoms with E-state index < -0.39 is 0 Å². The Labute approximate surface area is 168 Å². The molecular formula is C20H14IN3O3. The maximum absolute atomic E-state index is 9.59. The molecule has 0 radical (unpaired) electrons. The largest absolute Gasteiger partial charge is 0.493 e. The van der Waals surface area contributed by atoms with E-state index in [4.69, 9.17) is 13.9 Å². The smallest absolute Gasteiger partial charge is 0.162 e. The molecule has 0 aliphatic heterocycles. The van der Waals surface area contributed by atoms with Gasteiger partial charge in [-0.15, -0.1) is 0 Å². The van der Waals surface area contributed by atoms with Crippen LogP contribution in [0, 0.1) is 14.9 Å². The fourth-order valence-electron chi connectivity index (χ4n) is 3.00. The molecule has 0 unspecified atom stereocenters. The SMILES string of the molecule is COc1cc2ncc(C#N)c(Nc3cccc4c(I)coc34)c2cc1OC. The van der Waals surface area contributed by atoms with Crippen LogP contribution in [0.4, 0.5) is 11.4 Å². The van der Waals surface area contributed by atoms with Crippen LogP contribution in [0.5, 0.6) is 11.5 Å². The Morgan fingerprint density at radius 2 is 1.93 bits per heavy atom. The number of pyridine rings is 1. The number of hydrogen-bond acceptors (Lipinski definition) is 6. The van der Waals surface area contributed by atoms with Crippen LogP contribution in [0.1, 0.15) is 5.56 Å². The number of anilines is 2. The van der Waals surface area contributed by atoms with Crippen molar-refractivity contribution in [3.63, 3.8) is 0 Å². The number of furan rings is 1. The van der Waals surface area contributed by atoms with Crippen molar-refractivity contribution >= 4 is 55.8 Å². The highest BCUT2D eigenvalue weighted by molar-refractivity contribution is 14.1. The number of rotatable bonds is 4. The van der Waals surface area contributed by atoms with Crippen LogP contribution in [0.25, 0.3) is 21.9 Å². The fourth-order valence-corrected chi connectivity index (χ4v) is 3.55. The van der Waals surface area contributed by atoms with Crippen molar-refractivity contribution in [3.05, 3.63) is 51.9 Å². The lowest BCUT2D eigenvalue weighted by Crippen LogP contribution is -1.99. The Bertz CT molecular complexity index is 1210. The first-order valence-corrected chi connectivity index (χ1v) is 9.11. The molecule has 0 bridgehead atoms. The molecule has 6 nitrogen and oxygen atoms in total. The molecule has 0 spiro atoms. The average molecular weight is 471 g/mol. The number of nitrogens with zero attached hydrogens (tertiary/aromatic N) is 2. The van der Waals surface area contributed by atoms with Crippen molar-refractivity contribution in [3.8, 4) is 17.6 Å². The van der Waals surface area contributed by atoms with Crippen LogP contribution >= 0.6 is 22.6 Å². The minimum absolute atomic E-state index is 0.424. The number of para-hydroxylation sites is 1. The number of halogens is 1. The number of hydrogen-bond donors (Lipinski definition) is 1. The summed E-state index contributed by atoms with van der Waals surface area (Å²) in [4.78, 5) is 4.38. The van der Waals surface area contributed by atoms with Crippen molar-refractivity contribution in [2.75, 3.05) is 19.5 Å². The highest BCUT2D eigenvalue weighted by Crippen LogP contribution is 2.38. The van der Waals surface area contributed by atoms with Gasteiger partial charge in [-0.3, -0.25) is 4.98 Å². The summed E-state index contributed by atoms with van der Waals surface area (Å²) in [6.07, 6.45) is 3.25. The molecule has 4 aromatic rings.